The van der Waals surface area contributed by atoms with Crippen molar-refractivity contribution < 1.29 is 9.84 Å². The van der Waals surface area contributed by atoms with Crippen LogP contribution in [-0.2, 0) is 12.8 Å². The van der Waals surface area contributed by atoms with Gasteiger partial charge in [-0.2, -0.15) is 0 Å². The van der Waals surface area contributed by atoms with E-state index in [0.29, 0.717) is 12.0 Å². The minimum absolute atomic E-state index is 0.228. The van der Waals surface area contributed by atoms with Gasteiger partial charge in [0.2, 0.25) is 0 Å². The van der Waals surface area contributed by atoms with Gasteiger partial charge in [0, 0.05) is 19.2 Å². The molecular weight excluding hydrogens is 298 g/mol. The summed E-state index contributed by atoms with van der Waals surface area (Å²) in [5.41, 5.74) is 4.15. The van der Waals surface area contributed by atoms with Crippen molar-refractivity contribution in [2.75, 3.05) is 20.3 Å². The Bertz CT molecular complexity index is 642. The molecule has 0 spiro atoms. The molecule has 2 aromatic carbocycles. The maximum atomic E-state index is 9.38. The number of rotatable bonds is 7. The van der Waals surface area contributed by atoms with Gasteiger partial charge in [-0.1, -0.05) is 36.4 Å². The van der Waals surface area contributed by atoms with Gasteiger partial charge in [0.1, 0.15) is 5.75 Å². The number of benzene rings is 2. The van der Waals surface area contributed by atoms with E-state index in [1.807, 2.05) is 6.07 Å². The van der Waals surface area contributed by atoms with Crippen LogP contribution in [0.15, 0.2) is 48.5 Å². The Kier molecular flexibility index (Phi) is 5.89. The third-order valence-corrected chi connectivity index (χ3v) is 5.04. The molecule has 2 aromatic rings. The highest BCUT2D eigenvalue weighted by atomic mass is 16.5. The summed E-state index contributed by atoms with van der Waals surface area (Å²) in [5.74, 6) is 1.31. The van der Waals surface area contributed by atoms with Gasteiger partial charge in [0.25, 0.3) is 0 Å². The zero-order valence-corrected chi connectivity index (χ0v) is 14.4. The number of hydrogen-bond acceptors (Lipinski definition) is 3. The van der Waals surface area contributed by atoms with E-state index in [2.05, 4.69) is 47.8 Å². The average Bonchev–Trinajstić information content (AvgIpc) is 2.65. The van der Waals surface area contributed by atoms with Gasteiger partial charge in [-0.05, 0) is 60.4 Å². The summed E-state index contributed by atoms with van der Waals surface area (Å²) in [5, 5.41) is 13.1. The number of hydrogen-bond donors (Lipinski definition) is 2. The van der Waals surface area contributed by atoms with Crippen molar-refractivity contribution in [1.82, 2.24) is 5.32 Å². The monoisotopic (exact) mass is 325 g/mol. The molecule has 3 rings (SSSR count). The second kappa shape index (κ2) is 8.32. The quantitative estimate of drug-likeness (QED) is 0.821. The molecule has 1 aliphatic carbocycles. The van der Waals surface area contributed by atoms with E-state index in [1.54, 1.807) is 7.11 Å². The summed E-state index contributed by atoms with van der Waals surface area (Å²) in [4.78, 5) is 0. The van der Waals surface area contributed by atoms with Gasteiger partial charge < -0.3 is 15.2 Å². The molecule has 2 N–H and O–H groups in total. The molecule has 0 radical (unpaired) electrons. The largest absolute Gasteiger partial charge is 0.497 e. The van der Waals surface area contributed by atoms with Crippen molar-refractivity contribution in [3.8, 4) is 5.75 Å². The molecule has 0 bridgehead atoms. The van der Waals surface area contributed by atoms with Crippen LogP contribution in [0, 0.1) is 0 Å². The van der Waals surface area contributed by atoms with Crippen molar-refractivity contribution in [1.29, 1.82) is 0 Å². The maximum Gasteiger partial charge on any atom is 0.119 e. The van der Waals surface area contributed by atoms with Crippen LogP contribution in [0.5, 0.6) is 5.75 Å². The summed E-state index contributed by atoms with van der Waals surface area (Å²) >= 11 is 0. The first-order valence-corrected chi connectivity index (χ1v) is 8.85. The molecule has 0 aliphatic heterocycles. The van der Waals surface area contributed by atoms with Crippen LogP contribution in [0.3, 0.4) is 0 Å². The zero-order chi connectivity index (χ0) is 16.8. The lowest BCUT2D eigenvalue weighted by molar-refractivity contribution is 0.271. The smallest absolute Gasteiger partial charge is 0.119 e. The SMILES string of the molecule is COc1ccc2c(c1)CC(NCC(CCO)c1ccccc1)CC2. The first-order valence-electron chi connectivity index (χ1n) is 8.85. The summed E-state index contributed by atoms with van der Waals surface area (Å²) in [6, 6.07) is 17.4. The van der Waals surface area contributed by atoms with E-state index in [1.165, 1.54) is 23.1 Å². The lowest BCUT2D eigenvalue weighted by Gasteiger charge is -2.28. The van der Waals surface area contributed by atoms with Crippen molar-refractivity contribution in [3.63, 3.8) is 0 Å². The fourth-order valence-corrected chi connectivity index (χ4v) is 3.61. The number of aliphatic hydroxyl groups is 1. The topological polar surface area (TPSA) is 41.5 Å². The third-order valence-electron chi connectivity index (χ3n) is 5.04. The molecular formula is C21H27NO2. The lowest BCUT2D eigenvalue weighted by Crippen LogP contribution is -2.37. The number of aryl methyl sites for hydroxylation is 1. The molecule has 1 aliphatic rings. The van der Waals surface area contributed by atoms with Gasteiger partial charge in [-0.25, -0.2) is 0 Å². The van der Waals surface area contributed by atoms with E-state index in [9.17, 15) is 5.11 Å². The van der Waals surface area contributed by atoms with Crippen LogP contribution in [-0.4, -0.2) is 31.4 Å². The maximum absolute atomic E-state index is 9.38. The minimum Gasteiger partial charge on any atom is -0.497 e. The highest BCUT2D eigenvalue weighted by Crippen LogP contribution is 2.26. The van der Waals surface area contributed by atoms with E-state index in [4.69, 9.17) is 4.74 Å². The molecule has 0 amide bonds. The molecule has 3 nitrogen and oxygen atoms in total. The summed E-state index contributed by atoms with van der Waals surface area (Å²) in [6.07, 6.45) is 4.13. The van der Waals surface area contributed by atoms with E-state index in [0.717, 1.165) is 31.6 Å². The Morgan fingerprint density at radius 2 is 2.00 bits per heavy atom. The van der Waals surface area contributed by atoms with E-state index in [-0.39, 0.29) is 6.61 Å². The molecule has 0 saturated carbocycles. The Labute approximate surface area is 144 Å². The normalized spacial score (nSPS) is 18.0. The number of ether oxygens (including phenoxy) is 1. The number of aliphatic hydroxyl groups excluding tert-OH is 1. The second-order valence-corrected chi connectivity index (χ2v) is 6.60. The molecule has 0 aromatic heterocycles. The average molecular weight is 325 g/mol. The van der Waals surface area contributed by atoms with Crippen molar-refractivity contribution in [3.05, 3.63) is 65.2 Å². The number of fused-ring (bicyclic) bond motifs is 1. The molecule has 0 saturated heterocycles. The summed E-state index contributed by atoms with van der Waals surface area (Å²) in [7, 11) is 1.72. The predicted molar refractivity (Wildman–Crippen MR) is 97.7 cm³/mol. The van der Waals surface area contributed by atoms with E-state index < -0.39 is 0 Å². The first-order chi connectivity index (χ1) is 11.8. The molecule has 0 heterocycles. The Balaban J connectivity index is 1.61. The summed E-state index contributed by atoms with van der Waals surface area (Å²) in [6.45, 7) is 1.14. The van der Waals surface area contributed by atoms with Crippen LogP contribution in [0.2, 0.25) is 0 Å². The third kappa shape index (κ3) is 4.16. The second-order valence-electron chi connectivity index (χ2n) is 6.60. The Hall–Kier alpha value is -1.84. The van der Waals surface area contributed by atoms with Gasteiger partial charge in [-0.15, -0.1) is 0 Å². The van der Waals surface area contributed by atoms with Gasteiger partial charge in [-0.3, -0.25) is 0 Å². The summed E-state index contributed by atoms with van der Waals surface area (Å²) < 4.78 is 5.36. The molecule has 0 fully saturated rings. The van der Waals surface area contributed by atoms with Crippen molar-refractivity contribution in [2.24, 2.45) is 0 Å². The Morgan fingerprint density at radius 3 is 2.75 bits per heavy atom. The minimum atomic E-state index is 0.228. The fraction of sp³-hybridized carbons (Fsp3) is 0.429. The first kappa shape index (κ1) is 17.0. The standard InChI is InChI=1S/C21H27NO2/c1-24-21-10-8-17-7-9-20(13-19(17)14-21)22-15-18(11-12-23)16-5-3-2-4-6-16/h2-6,8,10,14,18,20,22-23H,7,9,11-13,15H2,1H3. The number of methoxy groups -OCH3 is 1. The predicted octanol–water partition coefficient (Wildman–Crippen LogP) is 3.31. The van der Waals surface area contributed by atoms with Crippen LogP contribution in [0.25, 0.3) is 0 Å². The highest BCUT2D eigenvalue weighted by molar-refractivity contribution is 5.38. The lowest BCUT2D eigenvalue weighted by atomic mass is 9.87. The van der Waals surface area contributed by atoms with Gasteiger partial charge in [0.15, 0.2) is 0 Å². The van der Waals surface area contributed by atoms with Crippen molar-refractivity contribution in [2.45, 2.75) is 37.6 Å². The molecule has 3 heteroatoms. The van der Waals surface area contributed by atoms with Crippen LogP contribution in [0.1, 0.15) is 35.4 Å². The Morgan fingerprint density at radius 1 is 1.17 bits per heavy atom. The van der Waals surface area contributed by atoms with Crippen LogP contribution >= 0.6 is 0 Å². The van der Waals surface area contributed by atoms with Crippen LogP contribution < -0.4 is 10.1 Å². The number of nitrogens with one attached hydrogen (secondary N) is 1. The molecule has 2 atom stereocenters. The van der Waals surface area contributed by atoms with Gasteiger partial charge >= 0.3 is 0 Å². The highest BCUT2D eigenvalue weighted by Gasteiger charge is 2.20. The molecule has 128 valence electrons. The zero-order valence-electron chi connectivity index (χ0n) is 14.4. The van der Waals surface area contributed by atoms with E-state index >= 15 is 0 Å². The van der Waals surface area contributed by atoms with Crippen LogP contribution in [0.4, 0.5) is 0 Å². The van der Waals surface area contributed by atoms with Crippen molar-refractivity contribution >= 4 is 0 Å². The van der Waals surface area contributed by atoms with Gasteiger partial charge in [0.05, 0.1) is 7.11 Å². The molecule has 24 heavy (non-hydrogen) atoms. The molecule has 2 unspecified atom stereocenters. The fourth-order valence-electron chi connectivity index (χ4n) is 3.61.